The highest BCUT2D eigenvalue weighted by Gasteiger charge is 2.27. The van der Waals surface area contributed by atoms with Gasteiger partial charge in [-0.2, -0.15) is 0 Å². The van der Waals surface area contributed by atoms with Gasteiger partial charge in [0.15, 0.2) is 5.65 Å². The van der Waals surface area contributed by atoms with E-state index in [1.807, 2.05) is 28.8 Å². The summed E-state index contributed by atoms with van der Waals surface area (Å²) in [5.74, 6) is 1.49. The summed E-state index contributed by atoms with van der Waals surface area (Å²) in [7, 11) is 2.14. The lowest BCUT2D eigenvalue weighted by Gasteiger charge is -2.33. The van der Waals surface area contributed by atoms with Gasteiger partial charge in [-0.15, -0.1) is 0 Å². The summed E-state index contributed by atoms with van der Waals surface area (Å²) < 4.78 is 2.00. The minimum atomic E-state index is -0.0224. The second-order valence-electron chi connectivity index (χ2n) is 7.67. The molecule has 7 heteroatoms. The third-order valence-electron chi connectivity index (χ3n) is 5.68. The molecular weight excluding hydrogens is 340 g/mol. The van der Waals surface area contributed by atoms with Gasteiger partial charge in [-0.1, -0.05) is 6.07 Å². The first-order valence-electron chi connectivity index (χ1n) is 9.68. The SMILES string of the molecule is CN1CCN(c2ncnc3c2c(C(=O)NCC2CC2)c2ccccn23)CC1. The standard InChI is InChI=1S/C20H24N6O/c1-24-8-10-25(11-9-24)18-17-16(20(27)21-12-14-5-6-14)15-4-2-3-7-26(15)19(17)23-13-22-18/h2-4,7,13-14H,5-6,8-12H2,1H3,(H,21,27). The minimum Gasteiger partial charge on any atom is -0.353 e. The predicted octanol–water partition coefficient (Wildman–Crippen LogP) is 1.77. The molecule has 0 spiro atoms. The molecule has 0 atom stereocenters. The maximum absolute atomic E-state index is 13.1. The number of anilines is 1. The van der Waals surface area contributed by atoms with E-state index in [-0.39, 0.29) is 5.91 Å². The maximum atomic E-state index is 13.1. The van der Waals surface area contributed by atoms with Crippen molar-refractivity contribution >= 4 is 28.3 Å². The fourth-order valence-corrected chi connectivity index (χ4v) is 3.87. The fraction of sp³-hybridized carbons (Fsp3) is 0.450. The van der Waals surface area contributed by atoms with Crippen molar-refractivity contribution in [3.63, 3.8) is 0 Å². The molecule has 2 aliphatic rings. The van der Waals surface area contributed by atoms with Crippen molar-refractivity contribution in [1.82, 2.24) is 24.6 Å². The van der Waals surface area contributed by atoms with Crippen LogP contribution >= 0.6 is 0 Å². The number of piperazine rings is 1. The van der Waals surface area contributed by atoms with Crippen LogP contribution in [0.2, 0.25) is 0 Å². The highest BCUT2D eigenvalue weighted by Crippen LogP contribution is 2.33. The van der Waals surface area contributed by atoms with E-state index in [0.29, 0.717) is 11.5 Å². The molecule has 1 N–H and O–H groups in total. The van der Waals surface area contributed by atoms with Crippen molar-refractivity contribution in [2.45, 2.75) is 12.8 Å². The monoisotopic (exact) mass is 364 g/mol. The number of hydrogen-bond acceptors (Lipinski definition) is 5. The number of hydrogen-bond donors (Lipinski definition) is 1. The smallest absolute Gasteiger partial charge is 0.254 e. The molecule has 5 rings (SSSR count). The molecular formula is C20H24N6O. The van der Waals surface area contributed by atoms with Crippen molar-refractivity contribution < 1.29 is 4.79 Å². The van der Waals surface area contributed by atoms with E-state index in [1.54, 1.807) is 6.33 Å². The largest absolute Gasteiger partial charge is 0.353 e. The highest BCUT2D eigenvalue weighted by molar-refractivity contribution is 6.16. The van der Waals surface area contributed by atoms with E-state index in [1.165, 1.54) is 12.8 Å². The van der Waals surface area contributed by atoms with Crippen LogP contribution in [0.1, 0.15) is 23.2 Å². The normalized spacial score (nSPS) is 18.3. The van der Waals surface area contributed by atoms with Crippen molar-refractivity contribution in [2.24, 2.45) is 5.92 Å². The van der Waals surface area contributed by atoms with E-state index in [0.717, 1.165) is 55.1 Å². The van der Waals surface area contributed by atoms with E-state index in [9.17, 15) is 4.79 Å². The van der Waals surface area contributed by atoms with Crippen LogP contribution in [0.15, 0.2) is 30.7 Å². The molecule has 140 valence electrons. The van der Waals surface area contributed by atoms with Crippen LogP contribution in [-0.4, -0.2) is 64.9 Å². The Morgan fingerprint density at radius 3 is 2.78 bits per heavy atom. The number of carbonyl (C=O) groups excluding carboxylic acids is 1. The highest BCUT2D eigenvalue weighted by atomic mass is 16.1. The van der Waals surface area contributed by atoms with E-state index in [2.05, 4.69) is 32.1 Å². The van der Waals surface area contributed by atoms with E-state index < -0.39 is 0 Å². The molecule has 3 aromatic rings. The Balaban J connectivity index is 1.66. The van der Waals surface area contributed by atoms with Gasteiger partial charge in [0, 0.05) is 38.9 Å². The van der Waals surface area contributed by atoms with E-state index >= 15 is 0 Å². The molecule has 0 radical (unpaired) electrons. The zero-order valence-corrected chi connectivity index (χ0v) is 15.6. The Kier molecular flexibility index (Phi) is 3.97. The second-order valence-corrected chi connectivity index (χ2v) is 7.67. The van der Waals surface area contributed by atoms with Crippen LogP contribution in [0.4, 0.5) is 5.82 Å². The van der Waals surface area contributed by atoms with Crippen LogP contribution in [0.25, 0.3) is 16.6 Å². The third-order valence-corrected chi connectivity index (χ3v) is 5.68. The Hall–Kier alpha value is -2.67. The van der Waals surface area contributed by atoms with Gasteiger partial charge in [-0.3, -0.25) is 4.79 Å². The van der Waals surface area contributed by atoms with Gasteiger partial charge in [0.05, 0.1) is 16.5 Å². The van der Waals surface area contributed by atoms with Crippen LogP contribution < -0.4 is 10.2 Å². The summed E-state index contributed by atoms with van der Waals surface area (Å²) in [6.07, 6.45) is 6.01. The van der Waals surface area contributed by atoms with Crippen LogP contribution in [0, 0.1) is 5.92 Å². The Morgan fingerprint density at radius 2 is 2.00 bits per heavy atom. The summed E-state index contributed by atoms with van der Waals surface area (Å²) >= 11 is 0. The average Bonchev–Trinajstić information content (AvgIpc) is 3.47. The summed E-state index contributed by atoms with van der Waals surface area (Å²) in [4.78, 5) is 26.9. The molecule has 0 bridgehead atoms. The topological polar surface area (TPSA) is 65.8 Å². The molecule has 1 saturated carbocycles. The summed E-state index contributed by atoms with van der Waals surface area (Å²) in [6, 6.07) is 5.92. The fourth-order valence-electron chi connectivity index (χ4n) is 3.87. The van der Waals surface area contributed by atoms with Crippen LogP contribution in [-0.2, 0) is 0 Å². The lowest BCUT2D eigenvalue weighted by atomic mass is 10.1. The van der Waals surface area contributed by atoms with Gasteiger partial charge < -0.3 is 19.5 Å². The molecule has 2 fully saturated rings. The van der Waals surface area contributed by atoms with Crippen molar-refractivity contribution in [2.75, 3.05) is 44.7 Å². The minimum absolute atomic E-state index is 0.0224. The first-order valence-corrected chi connectivity index (χ1v) is 9.68. The Morgan fingerprint density at radius 1 is 1.19 bits per heavy atom. The van der Waals surface area contributed by atoms with Gasteiger partial charge in [0.1, 0.15) is 12.1 Å². The lowest BCUT2D eigenvalue weighted by Crippen LogP contribution is -2.45. The summed E-state index contributed by atoms with van der Waals surface area (Å²) in [6.45, 7) is 4.53. The van der Waals surface area contributed by atoms with E-state index in [4.69, 9.17) is 0 Å². The number of rotatable bonds is 4. The second kappa shape index (κ2) is 6.49. The van der Waals surface area contributed by atoms with Gasteiger partial charge >= 0.3 is 0 Å². The maximum Gasteiger partial charge on any atom is 0.254 e. The number of pyridine rings is 1. The third kappa shape index (κ3) is 2.92. The quantitative estimate of drug-likeness (QED) is 0.764. The number of fused-ring (bicyclic) bond motifs is 3. The molecule has 27 heavy (non-hydrogen) atoms. The number of amides is 1. The van der Waals surface area contributed by atoms with Crippen LogP contribution in [0.3, 0.4) is 0 Å². The van der Waals surface area contributed by atoms with Gasteiger partial charge in [-0.05, 0) is 37.9 Å². The first kappa shape index (κ1) is 16.5. The molecule has 0 aromatic carbocycles. The first-order chi connectivity index (χ1) is 13.2. The van der Waals surface area contributed by atoms with Gasteiger partial charge in [-0.25, -0.2) is 9.97 Å². The van der Waals surface area contributed by atoms with Crippen molar-refractivity contribution in [3.8, 4) is 0 Å². The molecule has 7 nitrogen and oxygen atoms in total. The molecule has 3 aromatic heterocycles. The predicted molar refractivity (Wildman–Crippen MR) is 105 cm³/mol. The Bertz CT molecular complexity index is 1000. The number of carbonyl (C=O) groups is 1. The summed E-state index contributed by atoms with van der Waals surface area (Å²) in [5.41, 5.74) is 2.38. The average molecular weight is 364 g/mol. The number of nitrogens with zero attached hydrogens (tertiary/aromatic N) is 5. The van der Waals surface area contributed by atoms with Gasteiger partial charge in [0.25, 0.3) is 5.91 Å². The molecule has 1 aliphatic heterocycles. The molecule has 1 saturated heterocycles. The number of nitrogens with one attached hydrogen (secondary N) is 1. The zero-order valence-electron chi connectivity index (χ0n) is 15.6. The Labute approximate surface area is 158 Å². The van der Waals surface area contributed by atoms with Crippen LogP contribution in [0.5, 0.6) is 0 Å². The lowest BCUT2D eigenvalue weighted by molar-refractivity contribution is 0.0955. The molecule has 4 heterocycles. The number of aromatic nitrogens is 3. The molecule has 0 unspecified atom stereocenters. The van der Waals surface area contributed by atoms with Crippen molar-refractivity contribution in [1.29, 1.82) is 0 Å². The molecule has 1 aliphatic carbocycles. The zero-order chi connectivity index (χ0) is 18.4. The number of likely N-dealkylation sites (N-methyl/N-ethyl adjacent to an activating group) is 1. The van der Waals surface area contributed by atoms with Crippen molar-refractivity contribution in [3.05, 3.63) is 36.3 Å². The summed E-state index contributed by atoms with van der Waals surface area (Å²) in [5, 5.41) is 4.00. The molecule has 1 amide bonds. The van der Waals surface area contributed by atoms with Gasteiger partial charge in [0.2, 0.25) is 0 Å².